The summed E-state index contributed by atoms with van der Waals surface area (Å²) in [6, 6.07) is 7.11. The second-order valence-electron chi connectivity index (χ2n) is 5.47. The second-order valence-corrected chi connectivity index (χ2v) is 6.50. The van der Waals surface area contributed by atoms with Crippen LogP contribution in [0.25, 0.3) is 0 Å². The van der Waals surface area contributed by atoms with Crippen LogP contribution in [0.2, 0.25) is 0 Å². The van der Waals surface area contributed by atoms with Crippen LogP contribution in [0.1, 0.15) is 38.4 Å². The van der Waals surface area contributed by atoms with Gasteiger partial charge in [-0.15, -0.1) is 0 Å². The Morgan fingerprint density at radius 3 is 2.88 bits per heavy atom. The van der Waals surface area contributed by atoms with Crippen molar-refractivity contribution in [3.05, 3.63) is 46.5 Å². The van der Waals surface area contributed by atoms with Crippen molar-refractivity contribution in [1.29, 1.82) is 0 Å². The summed E-state index contributed by atoms with van der Waals surface area (Å²) in [5, 5.41) is 2.96. The van der Waals surface area contributed by atoms with E-state index < -0.39 is 5.91 Å². The number of hydrogen-bond acceptors (Lipinski definition) is 5. The van der Waals surface area contributed by atoms with Gasteiger partial charge in [0.2, 0.25) is 5.91 Å². The molecule has 3 N–H and O–H groups in total. The minimum absolute atomic E-state index is 0.145. The maximum atomic E-state index is 12.3. The number of amides is 3. The Kier molecular flexibility index (Phi) is 4.57. The van der Waals surface area contributed by atoms with E-state index in [1.54, 1.807) is 23.1 Å². The third kappa shape index (κ3) is 3.60. The van der Waals surface area contributed by atoms with Gasteiger partial charge in [0, 0.05) is 25.1 Å². The molecular weight excluding hydrogens is 328 g/mol. The molecule has 1 aromatic heterocycles. The third-order valence-corrected chi connectivity index (χ3v) is 4.63. The van der Waals surface area contributed by atoms with Crippen LogP contribution in [-0.4, -0.2) is 34.2 Å². The number of anilines is 1. The molecule has 0 radical (unpaired) electrons. The van der Waals surface area contributed by atoms with Crippen LogP contribution in [0.4, 0.5) is 5.13 Å². The van der Waals surface area contributed by atoms with Gasteiger partial charge in [0.1, 0.15) is 4.88 Å². The summed E-state index contributed by atoms with van der Waals surface area (Å²) in [4.78, 5) is 41.1. The van der Waals surface area contributed by atoms with Crippen LogP contribution in [0, 0.1) is 0 Å². The number of rotatable bonds is 5. The van der Waals surface area contributed by atoms with Crippen LogP contribution < -0.4 is 11.1 Å². The van der Waals surface area contributed by atoms with Crippen molar-refractivity contribution in [2.24, 2.45) is 5.73 Å². The molecule has 3 rings (SSSR count). The van der Waals surface area contributed by atoms with Crippen molar-refractivity contribution < 1.29 is 14.4 Å². The average molecular weight is 344 g/mol. The lowest BCUT2D eigenvalue weighted by Gasteiger charge is -2.15. The molecule has 8 heteroatoms. The number of nitrogens with one attached hydrogen (secondary N) is 1. The van der Waals surface area contributed by atoms with Crippen LogP contribution in [0.15, 0.2) is 30.5 Å². The van der Waals surface area contributed by atoms with E-state index in [1.807, 2.05) is 6.07 Å². The van der Waals surface area contributed by atoms with E-state index in [-0.39, 0.29) is 16.7 Å². The van der Waals surface area contributed by atoms with Crippen LogP contribution in [0.5, 0.6) is 0 Å². The molecule has 0 unspecified atom stereocenters. The van der Waals surface area contributed by atoms with Crippen molar-refractivity contribution >= 4 is 34.2 Å². The van der Waals surface area contributed by atoms with Crippen molar-refractivity contribution in [3.63, 3.8) is 0 Å². The Balaban J connectivity index is 1.69. The first-order chi connectivity index (χ1) is 11.5. The summed E-state index contributed by atoms with van der Waals surface area (Å²) in [6.07, 6.45) is 2.80. The maximum Gasteiger partial charge on any atom is 0.260 e. The van der Waals surface area contributed by atoms with Gasteiger partial charge in [-0.25, -0.2) is 4.98 Å². The normalized spacial score (nSPS) is 14.0. The van der Waals surface area contributed by atoms with E-state index >= 15 is 0 Å². The number of benzene rings is 1. The van der Waals surface area contributed by atoms with Crippen LogP contribution >= 0.6 is 11.3 Å². The molecule has 2 heterocycles. The lowest BCUT2D eigenvalue weighted by Crippen LogP contribution is -2.24. The van der Waals surface area contributed by atoms with E-state index in [4.69, 9.17) is 5.73 Å². The first-order valence-corrected chi connectivity index (χ1v) is 8.28. The smallest absolute Gasteiger partial charge is 0.260 e. The van der Waals surface area contributed by atoms with Gasteiger partial charge >= 0.3 is 0 Å². The van der Waals surface area contributed by atoms with E-state index in [0.717, 1.165) is 29.9 Å². The molecule has 2 aromatic rings. The maximum absolute atomic E-state index is 12.3. The lowest BCUT2D eigenvalue weighted by atomic mass is 10.1. The van der Waals surface area contributed by atoms with Gasteiger partial charge in [-0.05, 0) is 24.1 Å². The highest BCUT2D eigenvalue weighted by Gasteiger charge is 2.20. The highest BCUT2D eigenvalue weighted by atomic mass is 32.1. The second kappa shape index (κ2) is 6.79. The summed E-state index contributed by atoms with van der Waals surface area (Å²) in [7, 11) is 0. The van der Waals surface area contributed by atoms with Gasteiger partial charge in [-0.1, -0.05) is 23.5 Å². The molecule has 0 aliphatic carbocycles. The van der Waals surface area contributed by atoms with Crippen molar-refractivity contribution in [3.8, 4) is 0 Å². The molecule has 0 spiro atoms. The van der Waals surface area contributed by atoms with Crippen molar-refractivity contribution in [2.75, 3.05) is 11.9 Å². The summed E-state index contributed by atoms with van der Waals surface area (Å²) in [6.45, 7) is 1.26. The molecule has 1 aliphatic heterocycles. The number of nitrogens with two attached hydrogens (primary N) is 1. The zero-order chi connectivity index (χ0) is 17.1. The van der Waals surface area contributed by atoms with Crippen LogP contribution in [0.3, 0.4) is 0 Å². The fourth-order valence-corrected chi connectivity index (χ4v) is 3.18. The molecule has 0 atom stereocenters. The molecule has 7 nitrogen and oxygen atoms in total. The fraction of sp³-hybridized carbons (Fsp3) is 0.250. The minimum atomic E-state index is -0.578. The number of primary amides is 1. The van der Waals surface area contributed by atoms with Gasteiger partial charge in [-0.2, -0.15) is 0 Å². The average Bonchev–Trinajstić information content (AvgIpc) is 3.17. The Hall–Kier alpha value is -2.74. The molecule has 1 aliphatic rings. The van der Waals surface area contributed by atoms with Crippen LogP contribution in [-0.2, 0) is 11.3 Å². The topological polar surface area (TPSA) is 105 Å². The highest BCUT2D eigenvalue weighted by molar-refractivity contribution is 7.17. The van der Waals surface area contributed by atoms with Gasteiger partial charge < -0.3 is 10.6 Å². The van der Waals surface area contributed by atoms with Gasteiger partial charge in [0.15, 0.2) is 5.13 Å². The summed E-state index contributed by atoms with van der Waals surface area (Å²) < 4.78 is 0. The standard InChI is InChI=1S/C16H16N4O3S/c17-14(22)12-8-18-16(24-12)19-15(23)11-4-1-3-10(7-11)9-20-6-2-5-13(20)21/h1,3-4,7-8H,2,5-6,9H2,(H2,17,22)(H,18,19,23). The molecule has 3 amide bonds. The number of likely N-dealkylation sites (tertiary alicyclic amines) is 1. The monoisotopic (exact) mass is 344 g/mol. The molecule has 0 bridgehead atoms. The first-order valence-electron chi connectivity index (χ1n) is 7.46. The Morgan fingerprint density at radius 2 is 2.21 bits per heavy atom. The number of carbonyl (C=O) groups is 3. The number of aromatic nitrogens is 1. The summed E-state index contributed by atoms with van der Waals surface area (Å²) in [5.41, 5.74) is 6.53. The highest BCUT2D eigenvalue weighted by Crippen LogP contribution is 2.19. The van der Waals surface area contributed by atoms with E-state index in [2.05, 4.69) is 10.3 Å². The Bertz CT molecular complexity index is 802. The molecular formula is C16H16N4O3S. The molecule has 1 aromatic carbocycles. The molecule has 24 heavy (non-hydrogen) atoms. The summed E-state index contributed by atoms with van der Waals surface area (Å²) >= 11 is 1.02. The van der Waals surface area contributed by atoms with E-state index in [1.165, 1.54) is 6.20 Å². The fourth-order valence-electron chi connectivity index (χ4n) is 2.52. The Morgan fingerprint density at radius 1 is 1.38 bits per heavy atom. The van der Waals surface area contributed by atoms with Gasteiger partial charge in [0.05, 0.1) is 6.20 Å². The zero-order valence-corrected chi connectivity index (χ0v) is 13.6. The quantitative estimate of drug-likeness (QED) is 0.859. The SMILES string of the molecule is NC(=O)c1cnc(NC(=O)c2cccc(CN3CCCC3=O)c2)s1. The summed E-state index contributed by atoms with van der Waals surface area (Å²) in [5.74, 6) is -0.758. The molecule has 124 valence electrons. The molecule has 1 fully saturated rings. The number of carbonyl (C=O) groups excluding carboxylic acids is 3. The molecule has 0 saturated carbocycles. The lowest BCUT2D eigenvalue weighted by molar-refractivity contribution is -0.128. The van der Waals surface area contributed by atoms with Gasteiger partial charge in [0.25, 0.3) is 11.8 Å². The largest absolute Gasteiger partial charge is 0.365 e. The number of hydrogen-bond donors (Lipinski definition) is 2. The molecule has 1 saturated heterocycles. The third-order valence-electron chi connectivity index (χ3n) is 3.70. The number of nitrogens with zero attached hydrogens (tertiary/aromatic N) is 2. The van der Waals surface area contributed by atoms with Crippen molar-refractivity contribution in [2.45, 2.75) is 19.4 Å². The number of thiazole rings is 1. The van der Waals surface area contributed by atoms with Crippen molar-refractivity contribution in [1.82, 2.24) is 9.88 Å². The predicted octanol–water partition coefficient (Wildman–Crippen LogP) is 1.62. The van der Waals surface area contributed by atoms with Gasteiger partial charge in [-0.3, -0.25) is 19.7 Å². The first kappa shape index (κ1) is 16.1. The predicted molar refractivity (Wildman–Crippen MR) is 89.7 cm³/mol. The Labute approximate surface area is 142 Å². The van der Waals surface area contributed by atoms with E-state index in [0.29, 0.717) is 23.7 Å². The van der Waals surface area contributed by atoms with E-state index in [9.17, 15) is 14.4 Å². The minimum Gasteiger partial charge on any atom is -0.365 e. The zero-order valence-electron chi connectivity index (χ0n) is 12.8.